The largest absolute Gasteiger partial charge is 0.345 e. The Labute approximate surface area is 155 Å². The molecule has 0 saturated heterocycles. The molecule has 12 heteroatoms. The predicted molar refractivity (Wildman–Crippen MR) is 95.1 cm³/mol. The minimum Gasteiger partial charge on any atom is -0.338 e. The molecule has 0 aliphatic rings. The van der Waals surface area contributed by atoms with Crippen LogP contribution in [0.3, 0.4) is 0 Å². The van der Waals surface area contributed by atoms with E-state index >= 15 is 0 Å². The number of benzene rings is 1. The van der Waals surface area contributed by atoms with Crippen molar-refractivity contribution in [3.63, 3.8) is 0 Å². The van der Waals surface area contributed by atoms with Crippen molar-refractivity contribution in [2.75, 3.05) is 17.2 Å². The molecular weight excluding hydrogens is 389 g/mol. The first kappa shape index (κ1) is 19.5. The molecule has 0 atom stereocenters. The van der Waals surface area contributed by atoms with Crippen LogP contribution in [0.1, 0.15) is 12.8 Å². The number of anilines is 2. The van der Waals surface area contributed by atoms with Gasteiger partial charge in [-0.1, -0.05) is 11.6 Å². The SMILES string of the molecule is O=C(CCCNC(=O)Nc1ccc(F)c(Cl)c1)Nc1ncc([N+](=O)[O-])s1. The molecule has 9 nitrogen and oxygen atoms in total. The minimum absolute atomic E-state index is 0.0933. The smallest absolute Gasteiger partial charge is 0.338 e. The lowest BCUT2D eigenvalue weighted by atomic mass is 10.3. The van der Waals surface area contributed by atoms with Gasteiger partial charge in [-0.25, -0.2) is 14.2 Å². The van der Waals surface area contributed by atoms with Gasteiger partial charge in [0.15, 0.2) is 5.13 Å². The number of nitrogens with one attached hydrogen (secondary N) is 3. The number of rotatable bonds is 7. The third-order valence-electron chi connectivity index (χ3n) is 2.96. The van der Waals surface area contributed by atoms with Gasteiger partial charge in [0.1, 0.15) is 12.0 Å². The highest BCUT2D eigenvalue weighted by molar-refractivity contribution is 7.18. The van der Waals surface area contributed by atoms with Crippen molar-refractivity contribution in [2.24, 2.45) is 0 Å². The van der Waals surface area contributed by atoms with E-state index in [4.69, 9.17) is 11.6 Å². The van der Waals surface area contributed by atoms with Crippen LogP contribution in [0.5, 0.6) is 0 Å². The van der Waals surface area contributed by atoms with Gasteiger partial charge < -0.3 is 16.0 Å². The number of thiazole rings is 1. The number of carbonyl (C=O) groups is 2. The van der Waals surface area contributed by atoms with E-state index in [9.17, 15) is 24.1 Å². The van der Waals surface area contributed by atoms with Crippen LogP contribution in [0, 0.1) is 15.9 Å². The average molecular weight is 402 g/mol. The lowest BCUT2D eigenvalue weighted by Crippen LogP contribution is -2.30. The minimum atomic E-state index is -0.593. The monoisotopic (exact) mass is 401 g/mol. The Kier molecular flexibility index (Phi) is 6.81. The van der Waals surface area contributed by atoms with Gasteiger partial charge in [0.2, 0.25) is 5.91 Å². The van der Waals surface area contributed by atoms with Crippen LogP contribution < -0.4 is 16.0 Å². The Balaban J connectivity index is 1.67. The van der Waals surface area contributed by atoms with Crippen LogP contribution in [-0.4, -0.2) is 28.4 Å². The Morgan fingerprint density at radius 2 is 2.12 bits per heavy atom. The fourth-order valence-electron chi connectivity index (χ4n) is 1.79. The zero-order valence-electron chi connectivity index (χ0n) is 13.1. The molecule has 2 aromatic rings. The Morgan fingerprint density at radius 1 is 1.35 bits per heavy atom. The zero-order chi connectivity index (χ0) is 19.1. The molecule has 1 heterocycles. The van der Waals surface area contributed by atoms with Crippen molar-refractivity contribution in [3.8, 4) is 0 Å². The molecule has 26 heavy (non-hydrogen) atoms. The third-order valence-corrected chi connectivity index (χ3v) is 4.12. The third kappa shape index (κ3) is 5.93. The van der Waals surface area contributed by atoms with Crippen LogP contribution >= 0.6 is 22.9 Å². The molecule has 0 radical (unpaired) electrons. The first-order valence-corrected chi connectivity index (χ1v) is 8.44. The summed E-state index contributed by atoms with van der Waals surface area (Å²) < 4.78 is 13.0. The summed E-state index contributed by atoms with van der Waals surface area (Å²) in [4.78, 5) is 37.0. The number of urea groups is 1. The molecule has 0 fully saturated rings. The highest BCUT2D eigenvalue weighted by Gasteiger charge is 2.13. The predicted octanol–water partition coefficient (Wildman–Crippen LogP) is 3.38. The van der Waals surface area contributed by atoms with Gasteiger partial charge in [-0.3, -0.25) is 14.9 Å². The Bertz CT molecular complexity index is 831. The van der Waals surface area contributed by atoms with E-state index in [-0.39, 0.29) is 34.0 Å². The second-order valence-electron chi connectivity index (χ2n) is 4.92. The molecule has 1 aromatic carbocycles. The van der Waals surface area contributed by atoms with Crippen molar-refractivity contribution < 1.29 is 18.9 Å². The number of amides is 3. The number of carbonyl (C=O) groups excluding carboxylic acids is 2. The first-order chi connectivity index (χ1) is 12.3. The molecule has 0 unspecified atom stereocenters. The number of nitrogens with zero attached hydrogens (tertiary/aromatic N) is 2. The summed E-state index contributed by atoms with van der Waals surface area (Å²) in [6.45, 7) is 0.214. The van der Waals surface area contributed by atoms with Crippen molar-refractivity contribution in [1.29, 1.82) is 0 Å². The number of halogens is 2. The fourth-order valence-corrected chi connectivity index (χ4v) is 2.62. The van der Waals surface area contributed by atoms with E-state index in [1.807, 2.05) is 0 Å². The highest BCUT2D eigenvalue weighted by Crippen LogP contribution is 2.25. The summed E-state index contributed by atoms with van der Waals surface area (Å²) >= 11 is 6.37. The average Bonchev–Trinajstić information content (AvgIpc) is 3.04. The first-order valence-electron chi connectivity index (χ1n) is 7.25. The molecular formula is C14H13ClFN5O4S. The maximum absolute atomic E-state index is 13.0. The van der Waals surface area contributed by atoms with Crippen molar-refractivity contribution in [3.05, 3.63) is 45.4 Å². The van der Waals surface area contributed by atoms with E-state index in [0.717, 1.165) is 23.6 Å². The van der Waals surface area contributed by atoms with E-state index in [2.05, 4.69) is 20.9 Å². The number of nitro groups is 1. The Morgan fingerprint density at radius 3 is 2.77 bits per heavy atom. The summed E-state index contributed by atoms with van der Waals surface area (Å²) in [6, 6.07) is 3.24. The number of aromatic nitrogens is 1. The van der Waals surface area contributed by atoms with Gasteiger partial charge >= 0.3 is 11.0 Å². The highest BCUT2D eigenvalue weighted by atomic mass is 35.5. The lowest BCUT2D eigenvalue weighted by Gasteiger charge is -2.08. The van der Waals surface area contributed by atoms with Gasteiger partial charge in [0.25, 0.3) is 0 Å². The lowest BCUT2D eigenvalue weighted by molar-refractivity contribution is -0.380. The summed E-state index contributed by atoms with van der Waals surface area (Å²) in [5.74, 6) is -0.962. The molecule has 0 spiro atoms. The quantitative estimate of drug-likeness (QED) is 0.372. The topological polar surface area (TPSA) is 126 Å². The van der Waals surface area contributed by atoms with Gasteiger partial charge in [-0.05, 0) is 36.0 Å². The summed E-state index contributed by atoms with van der Waals surface area (Å²) in [5.41, 5.74) is 0.331. The van der Waals surface area contributed by atoms with Gasteiger partial charge in [-0.2, -0.15) is 0 Å². The van der Waals surface area contributed by atoms with Gasteiger partial charge in [-0.15, -0.1) is 0 Å². The maximum Gasteiger partial charge on any atom is 0.345 e. The molecule has 0 saturated carbocycles. The Hall–Kier alpha value is -2.79. The number of hydrogen-bond donors (Lipinski definition) is 3. The van der Waals surface area contributed by atoms with Crippen LogP contribution in [0.4, 0.5) is 25.0 Å². The molecule has 3 amide bonds. The summed E-state index contributed by atoms with van der Waals surface area (Å²) in [7, 11) is 0. The van der Waals surface area contributed by atoms with Crippen LogP contribution in [0.2, 0.25) is 5.02 Å². The van der Waals surface area contributed by atoms with Crippen LogP contribution in [-0.2, 0) is 4.79 Å². The van der Waals surface area contributed by atoms with E-state index < -0.39 is 16.8 Å². The van der Waals surface area contributed by atoms with Gasteiger partial charge in [0.05, 0.1) is 9.95 Å². The standard InChI is InChI=1S/C14H13ClFN5O4S/c15-9-6-8(3-4-10(9)16)19-13(23)17-5-1-2-11(22)20-14-18-7-12(26-14)21(24)25/h3-4,6-7H,1-2,5H2,(H2,17,19,23)(H,18,20,22). The number of hydrogen-bond acceptors (Lipinski definition) is 6. The molecule has 3 N–H and O–H groups in total. The normalized spacial score (nSPS) is 10.2. The van der Waals surface area contributed by atoms with Crippen LogP contribution in [0.15, 0.2) is 24.4 Å². The second kappa shape index (κ2) is 9.06. The van der Waals surface area contributed by atoms with Gasteiger partial charge in [0, 0.05) is 18.7 Å². The second-order valence-corrected chi connectivity index (χ2v) is 6.34. The summed E-state index contributed by atoms with van der Waals surface area (Å²) in [6.07, 6.45) is 1.50. The van der Waals surface area contributed by atoms with Crippen molar-refractivity contribution in [2.45, 2.75) is 12.8 Å². The molecule has 138 valence electrons. The van der Waals surface area contributed by atoms with E-state index in [1.54, 1.807) is 0 Å². The zero-order valence-corrected chi connectivity index (χ0v) is 14.7. The maximum atomic E-state index is 13.0. The molecule has 0 aliphatic carbocycles. The summed E-state index contributed by atoms with van der Waals surface area (Å²) in [5, 5.41) is 17.8. The molecule has 1 aromatic heterocycles. The van der Waals surface area contributed by atoms with Crippen molar-refractivity contribution >= 4 is 50.7 Å². The van der Waals surface area contributed by atoms with E-state index in [0.29, 0.717) is 12.1 Å². The molecule has 0 bridgehead atoms. The van der Waals surface area contributed by atoms with Crippen molar-refractivity contribution in [1.82, 2.24) is 10.3 Å². The molecule has 0 aliphatic heterocycles. The molecule has 2 rings (SSSR count). The van der Waals surface area contributed by atoms with E-state index in [1.165, 1.54) is 12.1 Å². The van der Waals surface area contributed by atoms with Crippen LogP contribution in [0.25, 0.3) is 0 Å². The fraction of sp³-hybridized carbons (Fsp3) is 0.214.